The topological polar surface area (TPSA) is 54.3 Å². The second-order valence-electron chi connectivity index (χ2n) is 11.4. The number of nitrogens with zero attached hydrogens (tertiary/aromatic N) is 2. The lowest BCUT2D eigenvalue weighted by Crippen LogP contribution is -2.57. The summed E-state index contributed by atoms with van der Waals surface area (Å²) in [6.07, 6.45) is 9.98. The van der Waals surface area contributed by atoms with Crippen LogP contribution in [0, 0.1) is 29.1 Å². The smallest absolute Gasteiger partial charge is 0.270 e. The quantitative estimate of drug-likeness (QED) is 0.722. The summed E-state index contributed by atoms with van der Waals surface area (Å²) in [5, 5.41) is 5.51. The zero-order valence-electron chi connectivity index (χ0n) is 19.3. The van der Waals surface area contributed by atoms with Gasteiger partial charge >= 0.3 is 0 Å². The number of amides is 2. The summed E-state index contributed by atoms with van der Waals surface area (Å²) >= 11 is 1.67. The Balaban J connectivity index is 1.13. The first-order chi connectivity index (χ1) is 15.4. The van der Waals surface area contributed by atoms with Crippen molar-refractivity contribution in [1.29, 1.82) is 0 Å². The third-order valence-electron chi connectivity index (χ3n) is 9.33. The maximum Gasteiger partial charge on any atom is 0.270 e. The van der Waals surface area contributed by atoms with Crippen molar-refractivity contribution in [3.05, 3.63) is 23.2 Å². The van der Waals surface area contributed by atoms with E-state index < -0.39 is 0 Å². The number of thiophene rings is 1. The highest BCUT2D eigenvalue weighted by Crippen LogP contribution is 2.61. The van der Waals surface area contributed by atoms with Gasteiger partial charge < -0.3 is 14.8 Å². The lowest BCUT2D eigenvalue weighted by atomic mass is 9.48. The highest BCUT2D eigenvalue weighted by Gasteiger charge is 2.53. The number of rotatable bonds is 4. The minimum absolute atomic E-state index is 0.0579. The Bertz CT molecular complexity index is 1020. The second-order valence-corrected chi connectivity index (χ2v) is 12.3. The van der Waals surface area contributed by atoms with Gasteiger partial charge in [0.05, 0.1) is 16.1 Å². The molecule has 7 rings (SSSR count). The van der Waals surface area contributed by atoms with Crippen LogP contribution in [0.5, 0.6) is 0 Å². The number of aromatic nitrogens is 1. The van der Waals surface area contributed by atoms with Gasteiger partial charge in [-0.1, -0.05) is 0 Å². The van der Waals surface area contributed by atoms with Crippen LogP contribution in [-0.4, -0.2) is 40.4 Å². The van der Waals surface area contributed by atoms with Gasteiger partial charge in [-0.25, -0.2) is 0 Å². The highest BCUT2D eigenvalue weighted by atomic mass is 32.1. The van der Waals surface area contributed by atoms with Crippen LogP contribution in [0.15, 0.2) is 17.5 Å². The second kappa shape index (κ2) is 7.61. The Morgan fingerprint density at radius 1 is 1.16 bits per heavy atom. The molecular formula is C26H35N3O2S. The molecule has 5 nitrogen and oxygen atoms in total. The predicted molar refractivity (Wildman–Crippen MR) is 128 cm³/mol. The molecule has 0 aromatic carbocycles. The molecule has 5 aliphatic rings. The van der Waals surface area contributed by atoms with E-state index >= 15 is 0 Å². The van der Waals surface area contributed by atoms with E-state index in [-0.39, 0.29) is 23.8 Å². The summed E-state index contributed by atoms with van der Waals surface area (Å²) in [6, 6.07) is 4.31. The molecule has 4 saturated carbocycles. The van der Waals surface area contributed by atoms with Crippen LogP contribution in [0.25, 0.3) is 10.2 Å². The van der Waals surface area contributed by atoms with E-state index in [1.165, 1.54) is 38.5 Å². The van der Waals surface area contributed by atoms with Gasteiger partial charge in [-0.15, -0.1) is 11.3 Å². The molecule has 2 aromatic rings. The van der Waals surface area contributed by atoms with E-state index in [4.69, 9.17) is 0 Å². The minimum Gasteiger partial charge on any atom is -0.353 e. The van der Waals surface area contributed by atoms with Crippen LogP contribution in [0.2, 0.25) is 0 Å². The monoisotopic (exact) mass is 453 g/mol. The third kappa shape index (κ3) is 3.32. The van der Waals surface area contributed by atoms with Crippen molar-refractivity contribution in [2.45, 2.75) is 64.3 Å². The van der Waals surface area contributed by atoms with Gasteiger partial charge in [0.15, 0.2) is 0 Å². The van der Waals surface area contributed by atoms with Gasteiger partial charge in [0.2, 0.25) is 5.91 Å². The van der Waals surface area contributed by atoms with E-state index in [0.717, 1.165) is 53.1 Å². The number of nitrogens with one attached hydrogen (secondary N) is 1. The van der Waals surface area contributed by atoms with Crippen LogP contribution in [0.4, 0.5) is 0 Å². The average molecular weight is 454 g/mol. The number of fused-ring (bicyclic) bond motifs is 1. The lowest BCUT2D eigenvalue weighted by Gasteiger charge is -2.59. The van der Waals surface area contributed by atoms with E-state index in [1.807, 2.05) is 22.6 Å². The van der Waals surface area contributed by atoms with Crippen molar-refractivity contribution in [2.24, 2.45) is 36.1 Å². The number of piperidine rings is 1. The minimum atomic E-state index is -0.0922. The molecule has 0 unspecified atom stereocenters. The van der Waals surface area contributed by atoms with Crippen LogP contribution in [0.1, 0.15) is 68.8 Å². The van der Waals surface area contributed by atoms with Crippen LogP contribution in [0.3, 0.4) is 0 Å². The Morgan fingerprint density at radius 2 is 1.84 bits per heavy atom. The Hall–Kier alpha value is -1.82. The fraction of sp³-hybridized carbons (Fsp3) is 0.692. The van der Waals surface area contributed by atoms with Crippen molar-refractivity contribution in [3.63, 3.8) is 0 Å². The van der Waals surface area contributed by atoms with Gasteiger partial charge in [-0.3, -0.25) is 9.59 Å². The number of carbonyl (C=O) groups is 2. The molecule has 5 fully saturated rings. The Morgan fingerprint density at radius 3 is 2.50 bits per heavy atom. The molecule has 0 spiro atoms. The molecule has 32 heavy (non-hydrogen) atoms. The molecule has 172 valence electrons. The molecule has 2 atom stereocenters. The zero-order chi connectivity index (χ0) is 22.0. The number of aryl methyl sites for hydroxylation is 1. The average Bonchev–Trinajstić information content (AvgIpc) is 3.35. The molecular weight excluding hydrogens is 418 g/mol. The van der Waals surface area contributed by atoms with Gasteiger partial charge in [0.1, 0.15) is 5.69 Å². The number of likely N-dealkylation sites (tertiary alicyclic amines) is 1. The Labute approximate surface area is 194 Å². The van der Waals surface area contributed by atoms with E-state index in [1.54, 1.807) is 11.3 Å². The number of hydrogen-bond acceptors (Lipinski definition) is 3. The SMILES string of the molecule is C[C@H](NC(=O)[C@H]1CCCN(C(=O)c2cc3sccc3n2C)C1)C12CC3CC(CC(C3)C1)C2. The van der Waals surface area contributed by atoms with E-state index in [2.05, 4.69) is 23.7 Å². The van der Waals surface area contributed by atoms with Crippen LogP contribution < -0.4 is 5.32 Å². The Kier molecular flexibility index (Phi) is 4.94. The van der Waals surface area contributed by atoms with Crippen LogP contribution >= 0.6 is 11.3 Å². The van der Waals surface area contributed by atoms with Crippen molar-refractivity contribution in [3.8, 4) is 0 Å². The number of carbonyl (C=O) groups excluding carboxylic acids is 2. The van der Waals surface area contributed by atoms with Gasteiger partial charge in [0, 0.05) is 26.2 Å². The standard InChI is InChI=1S/C26H35N3O2S/c1-16(26-12-17-8-18(13-26)10-19(9-17)14-26)27-24(30)20-4-3-6-29(15-20)25(31)22-11-23-21(28(22)2)5-7-32-23/h5,7,11,16-20H,3-4,6,8-10,12-15H2,1-2H3,(H,27,30)/t16-,17?,18?,19?,20-,26?/m0/s1. The molecule has 0 radical (unpaired) electrons. The molecule has 2 aromatic heterocycles. The highest BCUT2D eigenvalue weighted by molar-refractivity contribution is 7.17. The first-order valence-corrected chi connectivity index (χ1v) is 13.4. The normalized spacial score (nSPS) is 34.8. The molecule has 1 N–H and O–H groups in total. The summed E-state index contributed by atoms with van der Waals surface area (Å²) in [7, 11) is 1.96. The van der Waals surface area contributed by atoms with Gasteiger partial charge in [-0.05, 0) is 99.0 Å². The van der Waals surface area contributed by atoms with Crippen LogP contribution in [-0.2, 0) is 11.8 Å². The van der Waals surface area contributed by atoms with E-state index in [0.29, 0.717) is 12.0 Å². The number of hydrogen-bond donors (Lipinski definition) is 1. The van der Waals surface area contributed by atoms with E-state index in [9.17, 15) is 9.59 Å². The first kappa shape index (κ1) is 20.8. The van der Waals surface area contributed by atoms with Crippen molar-refractivity contribution in [1.82, 2.24) is 14.8 Å². The van der Waals surface area contributed by atoms with Gasteiger partial charge in [0.25, 0.3) is 5.91 Å². The molecule has 3 heterocycles. The summed E-state index contributed by atoms with van der Waals surface area (Å²) in [4.78, 5) is 28.5. The molecule has 2 amide bonds. The molecule has 1 saturated heterocycles. The van der Waals surface area contributed by atoms with Crippen molar-refractivity contribution in [2.75, 3.05) is 13.1 Å². The summed E-state index contributed by atoms with van der Waals surface area (Å²) in [6.45, 7) is 3.54. The summed E-state index contributed by atoms with van der Waals surface area (Å²) in [5.74, 6) is 2.81. The van der Waals surface area contributed by atoms with Crippen molar-refractivity contribution < 1.29 is 9.59 Å². The zero-order valence-corrected chi connectivity index (χ0v) is 20.1. The molecule has 4 aliphatic carbocycles. The summed E-state index contributed by atoms with van der Waals surface area (Å²) < 4.78 is 3.14. The fourth-order valence-electron chi connectivity index (χ4n) is 7.99. The third-order valence-corrected chi connectivity index (χ3v) is 10.2. The first-order valence-electron chi connectivity index (χ1n) is 12.5. The predicted octanol–water partition coefficient (Wildman–Crippen LogP) is 4.81. The molecule has 6 heteroatoms. The molecule has 1 aliphatic heterocycles. The molecule has 4 bridgehead atoms. The fourth-order valence-corrected chi connectivity index (χ4v) is 8.83. The van der Waals surface area contributed by atoms with Crippen molar-refractivity contribution >= 4 is 33.4 Å². The lowest BCUT2D eigenvalue weighted by molar-refractivity contribution is -0.131. The maximum atomic E-state index is 13.3. The van der Waals surface area contributed by atoms with Gasteiger partial charge in [-0.2, -0.15) is 0 Å². The largest absolute Gasteiger partial charge is 0.353 e. The maximum absolute atomic E-state index is 13.3. The summed E-state index contributed by atoms with van der Waals surface area (Å²) in [5.41, 5.74) is 2.16.